The van der Waals surface area contributed by atoms with Crippen LogP contribution in [0.4, 0.5) is 4.39 Å². The summed E-state index contributed by atoms with van der Waals surface area (Å²) in [5.41, 5.74) is 3.20. The number of fused-ring (bicyclic) bond motifs is 1. The Morgan fingerprint density at radius 1 is 1.25 bits per heavy atom. The van der Waals surface area contributed by atoms with Gasteiger partial charge in [-0.25, -0.2) is 4.39 Å². The van der Waals surface area contributed by atoms with Crippen LogP contribution < -0.4 is 0 Å². The molecule has 0 saturated heterocycles. The molecule has 0 N–H and O–H groups in total. The van der Waals surface area contributed by atoms with Crippen LogP contribution in [0, 0.1) is 5.82 Å². The number of aryl methyl sites for hydroxylation is 1. The summed E-state index contributed by atoms with van der Waals surface area (Å²) in [4.78, 5) is 0. The van der Waals surface area contributed by atoms with Crippen molar-refractivity contribution in [1.82, 2.24) is 0 Å². The Morgan fingerprint density at radius 3 is 2.92 bits per heavy atom. The van der Waals surface area contributed by atoms with Crippen LogP contribution in [0.1, 0.15) is 24.5 Å². The molecule has 2 rings (SSSR count). The van der Waals surface area contributed by atoms with E-state index in [4.69, 9.17) is 0 Å². The number of allylic oxidation sites excluding steroid dienone is 1. The van der Waals surface area contributed by atoms with Gasteiger partial charge in [-0.15, -0.1) is 0 Å². The second-order valence-corrected chi connectivity index (χ2v) is 3.30. The van der Waals surface area contributed by atoms with E-state index in [2.05, 4.69) is 6.92 Å². The first-order chi connectivity index (χ1) is 5.77. The number of halogens is 1. The van der Waals surface area contributed by atoms with E-state index in [1.807, 2.05) is 12.1 Å². The highest BCUT2D eigenvalue weighted by Crippen LogP contribution is 2.25. The van der Waals surface area contributed by atoms with Crippen LogP contribution in [-0.4, -0.2) is 0 Å². The molecule has 0 bridgehead atoms. The molecule has 1 aromatic carbocycles. The first-order valence-corrected chi connectivity index (χ1v) is 4.22. The van der Waals surface area contributed by atoms with Crippen LogP contribution in [0.15, 0.2) is 23.8 Å². The summed E-state index contributed by atoms with van der Waals surface area (Å²) < 4.78 is 13.2. The van der Waals surface area contributed by atoms with Crippen molar-refractivity contribution < 1.29 is 4.39 Å². The minimum absolute atomic E-state index is 0.0912. The van der Waals surface area contributed by atoms with Crippen molar-refractivity contribution >= 4 is 6.08 Å². The van der Waals surface area contributed by atoms with Crippen molar-refractivity contribution in [2.24, 2.45) is 0 Å². The van der Waals surface area contributed by atoms with Gasteiger partial charge in [0.1, 0.15) is 5.82 Å². The Hall–Kier alpha value is -1.11. The zero-order valence-corrected chi connectivity index (χ0v) is 7.10. The third-order valence-electron chi connectivity index (χ3n) is 2.32. The van der Waals surface area contributed by atoms with E-state index < -0.39 is 0 Å². The summed E-state index contributed by atoms with van der Waals surface area (Å²) >= 11 is 0. The van der Waals surface area contributed by atoms with Gasteiger partial charge in [-0.1, -0.05) is 23.8 Å². The molecule has 0 heterocycles. The minimum atomic E-state index is -0.0912. The molecule has 0 atom stereocenters. The minimum Gasteiger partial charge on any atom is -0.206 e. The van der Waals surface area contributed by atoms with Gasteiger partial charge in [0, 0.05) is 5.56 Å². The van der Waals surface area contributed by atoms with E-state index in [1.165, 1.54) is 11.6 Å². The van der Waals surface area contributed by atoms with Crippen LogP contribution in [-0.2, 0) is 6.42 Å². The Morgan fingerprint density at radius 2 is 2.08 bits per heavy atom. The van der Waals surface area contributed by atoms with E-state index >= 15 is 0 Å². The first-order valence-electron chi connectivity index (χ1n) is 4.22. The predicted octanol–water partition coefficient (Wildman–Crippen LogP) is 3.18. The van der Waals surface area contributed by atoms with E-state index in [0.717, 1.165) is 24.0 Å². The van der Waals surface area contributed by atoms with Crippen molar-refractivity contribution in [2.45, 2.75) is 19.8 Å². The quantitative estimate of drug-likeness (QED) is 0.549. The maximum Gasteiger partial charge on any atom is 0.130 e. The number of benzene rings is 1. The summed E-state index contributed by atoms with van der Waals surface area (Å²) in [6, 6.07) is 5.30. The van der Waals surface area contributed by atoms with Crippen molar-refractivity contribution in [3.63, 3.8) is 0 Å². The molecule has 1 aliphatic rings. The smallest absolute Gasteiger partial charge is 0.130 e. The van der Waals surface area contributed by atoms with Crippen LogP contribution >= 0.6 is 0 Å². The maximum atomic E-state index is 13.2. The molecule has 62 valence electrons. The predicted molar refractivity (Wildman–Crippen MR) is 48.4 cm³/mol. The number of hydrogen-bond acceptors (Lipinski definition) is 0. The largest absolute Gasteiger partial charge is 0.206 e. The summed E-state index contributed by atoms with van der Waals surface area (Å²) in [6.07, 6.45) is 4.00. The maximum absolute atomic E-state index is 13.2. The molecule has 1 aliphatic carbocycles. The van der Waals surface area contributed by atoms with Crippen molar-refractivity contribution in [3.05, 3.63) is 40.7 Å². The van der Waals surface area contributed by atoms with Gasteiger partial charge in [0.2, 0.25) is 0 Å². The topological polar surface area (TPSA) is 0 Å². The molecule has 0 unspecified atom stereocenters. The molecule has 0 saturated carbocycles. The standard InChI is InChI=1S/C11H11F/c1-8-5-6-9-3-2-4-11(12)10(9)7-8/h2-4,7H,5-6H2,1H3. The zero-order chi connectivity index (χ0) is 8.55. The van der Waals surface area contributed by atoms with E-state index in [0.29, 0.717) is 0 Å². The van der Waals surface area contributed by atoms with Gasteiger partial charge in [-0.05, 0) is 31.4 Å². The first kappa shape index (κ1) is 7.53. The molecule has 0 nitrogen and oxygen atoms in total. The van der Waals surface area contributed by atoms with Gasteiger partial charge in [0.25, 0.3) is 0 Å². The van der Waals surface area contributed by atoms with Crippen LogP contribution in [0.3, 0.4) is 0 Å². The zero-order valence-electron chi connectivity index (χ0n) is 7.10. The third kappa shape index (κ3) is 1.15. The fourth-order valence-electron chi connectivity index (χ4n) is 1.61. The van der Waals surface area contributed by atoms with Gasteiger partial charge in [-0.2, -0.15) is 0 Å². The highest BCUT2D eigenvalue weighted by molar-refractivity contribution is 5.59. The van der Waals surface area contributed by atoms with Gasteiger partial charge in [0.05, 0.1) is 0 Å². The second-order valence-electron chi connectivity index (χ2n) is 3.30. The summed E-state index contributed by atoms with van der Waals surface area (Å²) in [5, 5.41) is 0. The van der Waals surface area contributed by atoms with Gasteiger partial charge >= 0.3 is 0 Å². The lowest BCUT2D eigenvalue weighted by atomic mass is 9.93. The second kappa shape index (κ2) is 2.74. The Bertz CT molecular complexity index is 337. The van der Waals surface area contributed by atoms with E-state index in [9.17, 15) is 4.39 Å². The van der Waals surface area contributed by atoms with Gasteiger partial charge in [0.15, 0.2) is 0 Å². The summed E-state index contributed by atoms with van der Waals surface area (Å²) in [5.74, 6) is -0.0912. The number of rotatable bonds is 0. The molecule has 0 amide bonds. The lowest BCUT2D eigenvalue weighted by Gasteiger charge is -2.13. The van der Waals surface area contributed by atoms with Crippen LogP contribution in [0.2, 0.25) is 0 Å². The molecule has 0 radical (unpaired) electrons. The highest BCUT2D eigenvalue weighted by atomic mass is 19.1. The van der Waals surface area contributed by atoms with Crippen molar-refractivity contribution in [3.8, 4) is 0 Å². The normalized spacial score (nSPS) is 15.3. The molecule has 0 aliphatic heterocycles. The lowest BCUT2D eigenvalue weighted by molar-refractivity contribution is 0.620. The Kier molecular flexibility index (Phi) is 1.72. The lowest BCUT2D eigenvalue weighted by Crippen LogP contribution is -1.99. The molecule has 12 heavy (non-hydrogen) atoms. The van der Waals surface area contributed by atoms with Gasteiger partial charge in [-0.3, -0.25) is 0 Å². The Balaban J connectivity index is 2.59. The monoisotopic (exact) mass is 162 g/mol. The summed E-state index contributed by atoms with van der Waals surface area (Å²) in [6.45, 7) is 2.05. The average Bonchev–Trinajstić information content (AvgIpc) is 2.07. The molecule has 1 aromatic rings. The third-order valence-corrected chi connectivity index (χ3v) is 2.32. The highest BCUT2D eigenvalue weighted by Gasteiger charge is 2.10. The van der Waals surface area contributed by atoms with E-state index in [1.54, 1.807) is 6.07 Å². The Labute approximate surface area is 71.7 Å². The molecule has 0 fully saturated rings. The molecular formula is C11H11F. The van der Waals surface area contributed by atoms with Crippen LogP contribution in [0.5, 0.6) is 0 Å². The molecular weight excluding hydrogens is 151 g/mol. The van der Waals surface area contributed by atoms with Crippen molar-refractivity contribution in [1.29, 1.82) is 0 Å². The van der Waals surface area contributed by atoms with Crippen LogP contribution in [0.25, 0.3) is 6.08 Å². The van der Waals surface area contributed by atoms with Crippen molar-refractivity contribution in [2.75, 3.05) is 0 Å². The van der Waals surface area contributed by atoms with Gasteiger partial charge < -0.3 is 0 Å². The fourth-order valence-corrected chi connectivity index (χ4v) is 1.61. The molecule has 0 spiro atoms. The average molecular weight is 162 g/mol. The fraction of sp³-hybridized carbons (Fsp3) is 0.273. The molecule has 0 aromatic heterocycles. The summed E-state index contributed by atoms with van der Waals surface area (Å²) in [7, 11) is 0. The van der Waals surface area contributed by atoms with E-state index in [-0.39, 0.29) is 5.82 Å². The number of hydrogen-bond donors (Lipinski definition) is 0. The SMILES string of the molecule is CC1=Cc2c(F)cccc2CC1. The molecule has 1 heteroatoms.